The van der Waals surface area contributed by atoms with E-state index in [0.29, 0.717) is 0 Å². The van der Waals surface area contributed by atoms with E-state index in [4.69, 9.17) is 0 Å². The average molecular weight is 269 g/mol. The van der Waals surface area contributed by atoms with Gasteiger partial charge in [0.1, 0.15) is 0 Å². The van der Waals surface area contributed by atoms with Crippen LogP contribution in [0.5, 0.6) is 0 Å². The highest BCUT2D eigenvalue weighted by atomic mass is 15.1. The van der Waals surface area contributed by atoms with Crippen LogP contribution in [0.2, 0.25) is 0 Å². The van der Waals surface area contributed by atoms with Crippen LogP contribution >= 0.6 is 0 Å². The van der Waals surface area contributed by atoms with E-state index in [9.17, 15) is 0 Å². The molecule has 0 unspecified atom stereocenters. The van der Waals surface area contributed by atoms with E-state index in [-0.39, 0.29) is 0 Å². The zero-order valence-electron chi connectivity index (χ0n) is 13.0. The maximum Gasteiger partial charge on any atom is 0.0365 e. The van der Waals surface area contributed by atoms with Crippen LogP contribution in [0.4, 0.5) is 5.69 Å². The fourth-order valence-electron chi connectivity index (χ4n) is 2.16. The van der Waals surface area contributed by atoms with Crippen LogP contribution in [0.25, 0.3) is 0 Å². The molecule has 0 aliphatic carbocycles. The minimum atomic E-state index is 1.08. The van der Waals surface area contributed by atoms with E-state index >= 15 is 0 Å². The molecule has 0 aromatic heterocycles. The van der Waals surface area contributed by atoms with E-state index in [1.807, 2.05) is 6.07 Å². The second-order valence-corrected chi connectivity index (χ2v) is 4.74. The van der Waals surface area contributed by atoms with Gasteiger partial charge in [0.15, 0.2) is 0 Å². The van der Waals surface area contributed by atoms with Gasteiger partial charge >= 0.3 is 0 Å². The predicted octanol–water partition coefficient (Wildman–Crippen LogP) is 5.17. The molecule has 1 nitrogen and oxygen atoms in total. The summed E-state index contributed by atoms with van der Waals surface area (Å²) in [6.07, 6.45) is 2.45. The molecule has 0 atom stereocenters. The summed E-state index contributed by atoms with van der Waals surface area (Å²) in [7, 11) is 0. The van der Waals surface area contributed by atoms with E-state index in [1.165, 1.54) is 24.1 Å². The van der Waals surface area contributed by atoms with Gasteiger partial charge in [-0.1, -0.05) is 61.9 Å². The highest BCUT2D eigenvalue weighted by Crippen LogP contribution is 2.11. The second-order valence-electron chi connectivity index (χ2n) is 4.74. The van der Waals surface area contributed by atoms with Gasteiger partial charge < -0.3 is 4.90 Å². The monoisotopic (exact) mass is 269 g/mol. The SMILES string of the molecule is CCCc1ccccc1.CCN(CC)c1ccccc1. The zero-order chi connectivity index (χ0) is 14.6. The molecule has 1 heteroatoms. The number of para-hydroxylation sites is 1. The summed E-state index contributed by atoms with van der Waals surface area (Å²) in [5.41, 5.74) is 2.76. The Labute approximate surface area is 124 Å². The van der Waals surface area contributed by atoms with Crippen molar-refractivity contribution in [2.45, 2.75) is 33.6 Å². The highest BCUT2D eigenvalue weighted by molar-refractivity contribution is 5.45. The first-order valence-corrected chi connectivity index (χ1v) is 7.65. The van der Waals surface area contributed by atoms with Crippen molar-refractivity contribution in [2.75, 3.05) is 18.0 Å². The lowest BCUT2D eigenvalue weighted by Crippen LogP contribution is -2.21. The normalized spacial score (nSPS) is 9.55. The third-order valence-electron chi connectivity index (χ3n) is 3.27. The van der Waals surface area contributed by atoms with Gasteiger partial charge in [-0.15, -0.1) is 0 Å². The van der Waals surface area contributed by atoms with Crippen molar-refractivity contribution in [1.29, 1.82) is 0 Å². The van der Waals surface area contributed by atoms with Gasteiger partial charge in [-0.3, -0.25) is 0 Å². The second kappa shape index (κ2) is 10.1. The smallest absolute Gasteiger partial charge is 0.0365 e. The number of hydrogen-bond donors (Lipinski definition) is 0. The first kappa shape index (κ1) is 16.3. The summed E-state index contributed by atoms with van der Waals surface area (Å²) < 4.78 is 0. The quantitative estimate of drug-likeness (QED) is 0.723. The van der Waals surface area contributed by atoms with Gasteiger partial charge in [0.25, 0.3) is 0 Å². The summed E-state index contributed by atoms with van der Waals surface area (Å²) in [5, 5.41) is 0. The Morgan fingerprint density at radius 1 is 0.700 bits per heavy atom. The highest BCUT2D eigenvalue weighted by Gasteiger charge is 1.97. The van der Waals surface area contributed by atoms with Crippen molar-refractivity contribution in [1.82, 2.24) is 0 Å². The maximum atomic E-state index is 2.33. The molecule has 20 heavy (non-hydrogen) atoms. The molecule has 0 spiro atoms. The Hall–Kier alpha value is -1.76. The van der Waals surface area contributed by atoms with Crippen molar-refractivity contribution < 1.29 is 0 Å². The van der Waals surface area contributed by atoms with E-state index in [0.717, 1.165) is 13.1 Å². The predicted molar refractivity (Wildman–Crippen MR) is 90.4 cm³/mol. The minimum Gasteiger partial charge on any atom is -0.372 e. The molecular formula is C19H27N. The third kappa shape index (κ3) is 5.92. The van der Waals surface area contributed by atoms with Crippen molar-refractivity contribution >= 4 is 5.69 Å². The molecule has 0 bridgehead atoms. The summed E-state index contributed by atoms with van der Waals surface area (Å²) in [6, 6.07) is 21.1. The van der Waals surface area contributed by atoms with Gasteiger partial charge in [0.2, 0.25) is 0 Å². The van der Waals surface area contributed by atoms with Gasteiger partial charge in [0, 0.05) is 18.8 Å². The molecule has 0 aliphatic heterocycles. The van der Waals surface area contributed by atoms with Crippen LogP contribution in [0.1, 0.15) is 32.8 Å². The molecular weight excluding hydrogens is 242 g/mol. The summed E-state index contributed by atoms with van der Waals surface area (Å²) in [5.74, 6) is 0. The number of rotatable bonds is 5. The molecule has 108 valence electrons. The number of nitrogens with zero attached hydrogens (tertiary/aromatic N) is 1. The lowest BCUT2D eigenvalue weighted by Gasteiger charge is -2.20. The van der Waals surface area contributed by atoms with Gasteiger partial charge in [-0.2, -0.15) is 0 Å². The molecule has 0 heterocycles. The first-order chi connectivity index (χ1) is 9.81. The molecule has 0 fully saturated rings. The third-order valence-corrected chi connectivity index (χ3v) is 3.27. The van der Waals surface area contributed by atoms with Crippen LogP contribution in [0, 0.1) is 0 Å². The van der Waals surface area contributed by atoms with Crippen LogP contribution in [-0.4, -0.2) is 13.1 Å². The largest absolute Gasteiger partial charge is 0.372 e. The summed E-state index contributed by atoms with van der Waals surface area (Å²) in [6.45, 7) is 8.72. The summed E-state index contributed by atoms with van der Waals surface area (Å²) in [4.78, 5) is 2.33. The zero-order valence-corrected chi connectivity index (χ0v) is 13.0. The van der Waals surface area contributed by atoms with Crippen LogP contribution in [0.15, 0.2) is 60.7 Å². The fourth-order valence-corrected chi connectivity index (χ4v) is 2.16. The minimum absolute atomic E-state index is 1.08. The molecule has 2 aromatic rings. The Morgan fingerprint density at radius 3 is 1.65 bits per heavy atom. The standard InChI is InChI=1S/C10H15N.C9H12/c1-3-11(4-2)10-8-6-5-7-9-10;1-2-6-9-7-4-3-5-8-9/h5-9H,3-4H2,1-2H3;3-5,7-8H,2,6H2,1H3. The average Bonchev–Trinajstić information content (AvgIpc) is 2.52. The lowest BCUT2D eigenvalue weighted by molar-refractivity contribution is 0.866. The number of anilines is 1. The van der Waals surface area contributed by atoms with Crippen LogP contribution in [-0.2, 0) is 6.42 Å². The van der Waals surface area contributed by atoms with Crippen molar-refractivity contribution in [3.63, 3.8) is 0 Å². The van der Waals surface area contributed by atoms with Crippen molar-refractivity contribution in [3.05, 3.63) is 66.2 Å². The maximum absolute atomic E-state index is 2.33. The van der Waals surface area contributed by atoms with Crippen molar-refractivity contribution in [3.8, 4) is 0 Å². The molecule has 0 N–H and O–H groups in total. The van der Waals surface area contributed by atoms with Gasteiger partial charge in [-0.25, -0.2) is 0 Å². The number of hydrogen-bond acceptors (Lipinski definition) is 1. The Bertz CT molecular complexity index is 432. The first-order valence-electron chi connectivity index (χ1n) is 7.65. The van der Waals surface area contributed by atoms with E-state index in [1.54, 1.807) is 0 Å². The van der Waals surface area contributed by atoms with Gasteiger partial charge in [0.05, 0.1) is 0 Å². The topological polar surface area (TPSA) is 3.24 Å². The van der Waals surface area contributed by atoms with Crippen molar-refractivity contribution in [2.24, 2.45) is 0 Å². The Balaban J connectivity index is 0.000000204. The molecule has 0 amide bonds. The molecule has 0 saturated heterocycles. The van der Waals surface area contributed by atoms with E-state index < -0.39 is 0 Å². The number of benzene rings is 2. The Morgan fingerprint density at radius 2 is 1.20 bits per heavy atom. The Kier molecular flexibility index (Phi) is 8.21. The molecule has 0 aliphatic rings. The van der Waals surface area contributed by atoms with Crippen LogP contribution < -0.4 is 4.90 Å². The number of aryl methyl sites for hydroxylation is 1. The molecule has 0 saturated carbocycles. The van der Waals surface area contributed by atoms with Crippen LogP contribution in [0.3, 0.4) is 0 Å². The van der Waals surface area contributed by atoms with E-state index in [2.05, 4.69) is 80.3 Å². The molecule has 0 radical (unpaired) electrons. The lowest BCUT2D eigenvalue weighted by atomic mass is 10.1. The van der Waals surface area contributed by atoms with Gasteiger partial charge in [-0.05, 0) is 38.0 Å². The molecule has 2 rings (SSSR count). The fraction of sp³-hybridized carbons (Fsp3) is 0.368. The molecule has 2 aromatic carbocycles. The summed E-state index contributed by atoms with van der Waals surface area (Å²) >= 11 is 0.